The van der Waals surface area contributed by atoms with Crippen LogP contribution in [0, 0.1) is 0 Å². The van der Waals surface area contributed by atoms with Crippen molar-refractivity contribution < 1.29 is 13.2 Å². The first-order valence-corrected chi connectivity index (χ1v) is 13.9. The molecule has 0 spiro atoms. The standard InChI is InChI=1S/C28H31N7O3S/c1-3-35(4-2)39(37,38)23-17-15-22(16-18-23)32-26-25(29)27(31-19-30-26)33-34-28(36)24(20-11-7-5-8-12-20)21-13-9-6-10-14-21/h5-19,24H,3-4,29H2,1-2H3,(H,34,36)(H2,30,31,32,33). The molecule has 1 aromatic heterocycles. The smallest absolute Gasteiger partial charge is 0.250 e. The summed E-state index contributed by atoms with van der Waals surface area (Å²) in [6.45, 7) is 4.37. The number of hydrogen-bond acceptors (Lipinski definition) is 8. The van der Waals surface area contributed by atoms with Gasteiger partial charge in [-0.15, -0.1) is 0 Å². The lowest BCUT2D eigenvalue weighted by Gasteiger charge is -2.19. The zero-order valence-corrected chi connectivity index (χ0v) is 22.5. The lowest BCUT2D eigenvalue weighted by Crippen LogP contribution is -2.35. The van der Waals surface area contributed by atoms with Crippen molar-refractivity contribution in [2.45, 2.75) is 24.7 Å². The average Bonchev–Trinajstić information content (AvgIpc) is 2.95. The molecule has 4 aromatic rings. The van der Waals surface area contributed by atoms with Crippen LogP contribution in [0.15, 0.2) is 96.2 Å². The molecule has 0 aliphatic rings. The van der Waals surface area contributed by atoms with Gasteiger partial charge in [-0.2, -0.15) is 4.31 Å². The number of hydrazine groups is 1. The topological polar surface area (TPSA) is 142 Å². The van der Waals surface area contributed by atoms with Crippen LogP contribution in [0.5, 0.6) is 0 Å². The van der Waals surface area contributed by atoms with Crippen LogP contribution < -0.4 is 21.9 Å². The summed E-state index contributed by atoms with van der Waals surface area (Å²) in [7, 11) is -3.56. The van der Waals surface area contributed by atoms with Gasteiger partial charge in [0.1, 0.15) is 12.0 Å². The Kier molecular flexibility index (Phi) is 8.74. The first kappa shape index (κ1) is 27.6. The highest BCUT2D eigenvalue weighted by molar-refractivity contribution is 7.89. The molecule has 0 aliphatic carbocycles. The van der Waals surface area contributed by atoms with Crippen LogP contribution in [0.3, 0.4) is 0 Å². The molecule has 4 rings (SSSR count). The van der Waals surface area contributed by atoms with Gasteiger partial charge in [0, 0.05) is 18.8 Å². The summed E-state index contributed by atoms with van der Waals surface area (Å²) in [4.78, 5) is 21.8. The highest BCUT2D eigenvalue weighted by Crippen LogP contribution is 2.28. The molecular formula is C28H31N7O3S. The van der Waals surface area contributed by atoms with Crippen molar-refractivity contribution in [1.82, 2.24) is 19.7 Å². The van der Waals surface area contributed by atoms with E-state index in [4.69, 9.17) is 5.73 Å². The number of nitrogens with one attached hydrogen (secondary N) is 3. The summed E-state index contributed by atoms with van der Waals surface area (Å²) < 4.78 is 26.9. The van der Waals surface area contributed by atoms with Gasteiger partial charge < -0.3 is 11.1 Å². The molecule has 0 unspecified atom stereocenters. The normalized spacial score (nSPS) is 11.4. The second kappa shape index (κ2) is 12.4. The molecule has 0 fully saturated rings. The summed E-state index contributed by atoms with van der Waals surface area (Å²) in [5.41, 5.74) is 14.3. The SMILES string of the molecule is CCN(CC)S(=O)(=O)c1ccc(Nc2ncnc(NNC(=O)C(c3ccccc3)c3ccccc3)c2N)cc1. The number of anilines is 4. The van der Waals surface area contributed by atoms with E-state index in [1.807, 2.05) is 60.7 Å². The second-order valence-corrected chi connectivity index (χ2v) is 10.5. The van der Waals surface area contributed by atoms with Crippen LogP contribution in [0.2, 0.25) is 0 Å². The Morgan fingerprint density at radius 1 is 0.846 bits per heavy atom. The predicted molar refractivity (Wildman–Crippen MR) is 153 cm³/mol. The van der Waals surface area contributed by atoms with Crippen molar-refractivity contribution in [3.8, 4) is 0 Å². The van der Waals surface area contributed by atoms with Crippen LogP contribution in [0.4, 0.5) is 23.0 Å². The number of hydrogen-bond donors (Lipinski definition) is 4. The molecule has 39 heavy (non-hydrogen) atoms. The van der Waals surface area contributed by atoms with Crippen LogP contribution in [-0.4, -0.2) is 41.7 Å². The molecule has 1 amide bonds. The van der Waals surface area contributed by atoms with Crippen molar-refractivity contribution in [2.24, 2.45) is 0 Å². The van der Waals surface area contributed by atoms with E-state index in [9.17, 15) is 13.2 Å². The van der Waals surface area contributed by atoms with E-state index in [0.717, 1.165) is 11.1 Å². The minimum Gasteiger partial charge on any atom is -0.393 e. The molecule has 10 nitrogen and oxygen atoms in total. The summed E-state index contributed by atoms with van der Waals surface area (Å²) in [6, 6.07) is 25.3. The number of amides is 1. The van der Waals surface area contributed by atoms with Gasteiger partial charge in [-0.25, -0.2) is 18.4 Å². The maximum atomic E-state index is 13.3. The molecule has 3 aromatic carbocycles. The van der Waals surface area contributed by atoms with E-state index in [1.165, 1.54) is 22.8 Å². The number of nitrogens with two attached hydrogens (primary N) is 1. The highest BCUT2D eigenvalue weighted by Gasteiger charge is 2.23. The maximum absolute atomic E-state index is 13.3. The molecule has 0 saturated heterocycles. The summed E-state index contributed by atoms with van der Waals surface area (Å²) >= 11 is 0. The van der Waals surface area contributed by atoms with E-state index in [1.54, 1.807) is 26.0 Å². The Bertz CT molecular complexity index is 1460. The molecule has 202 valence electrons. The summed E-state index contributed by atoms with van der Waals surface area (Å²) in [5.74, 6) is -0.332. The fourth-order valence-electron chi connectivity index (χ4n) is 4.13. The van der Waals surface area contributed by atoms with Crippen LogP contribution >= 0.6 is 0 Å². The second-order valence-electron chi connectivity index (χ2n) is 8.59. The van der Waals surface area contributed by atoms with Gasteiger partial charge in [0.25, 0.3) is 0 Å². The molecule has 0 atom stereocenters. The monoisotopic (exact) mass is 545 g/mol. The highest BCUT2D eigenvalue weighted by atomic mass is 32.2. The van der Waals surface area contributed by atoms with Crippen LogP contribution in [0.1, 0.15) is 30.9 Å². The van der Waals surface area contributed by atoms with E-state index in [-0.39, 0.29) is 22.3 Å². The Balaban J connectivity index is 1.48. The zero-order valence-electron chi connectivity index (χ0n) is 21.7. The number of carbonyl (C=O) groups is 1. The Morgan fingerprint density at radius 3 is 1.92 bits per heavy atom. The van der Waals surface area contributed by atoms with Crippen molar-refractivity contribution in [1.29, 1.82) is 0 Å². The van der Waals surface area contributed by atoms with Gasteiger partial charge in [0.15, 0.2) is 11.6 Å². The minimum absolute atomic E-state index is 0.175. The third kappa shape index (κ3) is 6.33. The minimum atomic E-state index is -3.56. The van der Waals surface area contributed by atoms with Gasteiger partial charge >= 0.3 is 0 Å². The fourth-order valence-corrected chi connectivity index (χ4v) is 5.59. The number of rotatable bonds is 11. The molecule has 0 radical (unpaired) electrons. The molecule has 5 N–H and O–H groups in total. The Morgan fingerprint density at radius 2 is 1.38 bits per heavy atom. The lowest BCUT2D eigenvalue weighted by atomic mass is 9.91. The van der Waals surface area contributed by atoms with Crippen molar-refractivity contribution in [3.05, 3.63) is 102 Å². The van der Waals surface area contributed by atoms with Crippen LogP contribution in [0.25, 0.3) is 0 Å². The Hall–Kier alpha value is -4.48. The average molecular weight is 546 g/mol. The van der Waals surface area contributed by atoms with Crippen LogP contribution in [-0.2, 0) is 14.8 Å². The maximum Gasteiger partial charge on any atom is 0.250 e. The number of aromatic nitrogens is 2. The number of nitrogen functional groups attached to an aromatic ring is 1. The molecule has 1 heterocycles. The van der Waals surface area contributed by atoms with Crippen molar-refractivity contribution in [3.63, 3.8) is 0 Å². The molecule has 0 aliphatic heterocycles. The third-order valence-electron chi connectivity index (χ3n) is 6.18. The predicted octanol–water partition coefficient (Wildman–Crippen LogP) is 4.11. The molecule has 0 saturated carbocycles. The first-order chi connectivity index (χ1) is 18.8. The lowest BCUT2D eigenvalue weighted by molar-refractivity contribution is -0.121. The quantitative estimate of drug-likeness (QED) is 0.206. The molecule has 11 heteroatoms. The Labute approximate surface area is 228 Å². The van der Waals surface area contributed by atoms with Gasteiger partial charge in [-0.3, -0.25) is 15.6 Å². The summed E-state index contributed by atoms with van der Waals surface area (Å²) in [6.07, 6.45) is 1.30. The summed E-state index contributed by atoms with van der Waals surface area (Å²) in [5, 5.41) is 3.07. The first-order valence-electron chi connectivity index (χ1n) is 12.5. The zero-order chi connectivity index (χ0) is 27.8. The van der Waals surface area contributed by atoms with Gasteiger partial charge in [0.05, 0.1) is 10.8 Å². The van der Waals surface area contributed by atoms with Crippen molar-refractivity contribution >= 4 is 38.9 Å². The van der Waals surface area contributed by atoms with Crippen molar-refractivity contribution in [2.75, 3.05) is 29.6 Å². The van der Waals surface area contributed by atoms with Gasteiger partial charge in [0.2, 0.25) is 15.9 Å². The van der Waals surface area contributed by atoms with E-state index in [2.05, 4.69) is 26.1 Å². The van der Waals surface area contributed by atoms with Gasteiger partial charge in [-0.1, -0.05) is 74.5 Å². The van der Waals surface area contributed by atoms with Gasteiger partial charge in [-0.05, 0) is 35.4 Å². The largest absolute Gasteiger partial charge is 0.393 e. The third-order valence-corrected chi connectivity index (χ3v) is 8.24. The van der Waals surface area contributed by atoms with E-state index >= 15 is 0 Å². The number of nitrogens with zero attached hydrogens (tertiary/aromatic N) is 3. The number of benzene rings is 3. The fraction of sp³-hybridized carbons (Fsp3) is 0.179. The van der Waals surface area contributed by atoms with E-state index < -0.39 is 15.9 Å². The molecular weight excluding hydrogens is 514 g/mol. The number of carbonyl (C=O) groups excluding carboxylic acids is 1. The number of sulfonamides is 1. The van der Waals surface area contributed by atoms with E-state index in [0.29, 0.717) is 24.6 Å². The molecule has 0 bridgehead atoms.